The molecule has 0 radical (unpaired) electrons. The lowest BCUT2D eigenvalue weighted by Crippen LogP contribution is -2.38. The molecule has 34 heavy (non-hydrogen) atoms. The number of benzene rings is 1. The summed E-state index contributed by atoms with van der Waals surface area (Å²) in [6.45, 7) is 4.13. The van der Waals surface area contributed by atoms with E-state index in [0.717, 1.165) is 21.5 Å². The van der Waals surface area contributed by atoms with Crippen LogP contribution in [0.3, 0.4) is 0 Å². The molecule has 1 N–H and O–H groups in total. The quantitative estimate of drug-likeness (QED) is 0.382. The van der Waals surface area contributed by atoms with Gasteiger partial charge in [0, 0.05) is 30.6 Å². The first-order valence-electron chi connectivity index (χ1n) is 10.3. The second-order valence-corrected chi connectivity index (χ2v) is 9.32. The number of carbonyl (C=O) groups excluding carboxylic acids is 1. The zero-order valence-corrected chi connectivity index (χ0v) is 20.7. The summed E-state index contributed by atoms with van der Waals surface area (Å²) >= 11 is 4.15. The van der Waals surface area contributed by atoms with Crippen molar-refractivity contribution >= 4 is 38.0 Å². The number of hydrogen-bond donors (Lipinski definition) is 1. The Labute approximate surface area is 205 Å². The van der Waals surface area contributed by atoms with Crippen LogP contribution in [0.2, 0.25) is 0 Å². The number of thiazole rings is 1. The van der Waals surface area contributed by atoms with Gasteiger partial charge in [-0.05, 0) is 53.0 Å². The molecule has 0 unspecified atom stereocenters. The van der Waals surface area contributed by atoms with E-state index in [1.165, 1.54) is 22.7 Å². The monoisotopic (exact) mass is 546 g/mol. The highest BCUT2D eigenvalue weighted by Crippen LogP contribution is 2.19. The SMILES string of the molecule is CCOc1ccc(CNC(=O)c2cn3c(=O)n(Cc4ccc(Br)c(F)c4)c(=O)c(C)c3s2)cn1. The fourth-order valence-electron chi connectivity index (χ4n) is 3.35. The summed E-state index contributed by atoms with van der Waals surface area (Å²) in [5.41, 5.74) is 0.503. The van der Waals surface area contributed by atoms with E-state index in [-0.39, 0.29) is 23.9 Å². The predicted octanol–water partition coefficient (Wildman–Crippen LogP) is 3.50. The van der Waals surface area contributed by atoms with Crippen molar-refractivity contribution in [1.82, 2.24) is 19.3 Å². The number of aromatic nitrogens is 3. The van der Waals surface area contributed by atoms with Crippen molar-refractivity contribution in [3.8, 4) is 5.88 Å². The molecule has 0 bridgehead atoms. The van der Waals surface area contributed by atoms with Gasteiger partial charge in [0.25, 0.3) is 11.5 Å². The number of carbonyl (C=O) groups is 1. The van der Waals surface area contributed by atoms with Crippen molar-refractivity contribution in [2.24, 2.45) is 0 Å². The number of amides is 1. The van der Waals surface area contributed by atoms with Crippen molar-refractivity contribution < 1.29 is 13.9 Å². The number of hydrogen-bond acceptors (Lipinski definition) is 6. The molecule has 8 nitrogen and oxygen atoms in total. The number of fused-ring (bicyclic) bond motifs is 1. The molecule has 0 atom stereocenters. The minimum atomic E-state index is -0.597. The minimum Gasteiger partial charge on any atom is -0.478 e. The van der Waals surface area contributed by atoms with Gasteiger partial charge in [0.15, 0.2) is 0 Å². The Hall–Kier alpha value is -3.31. The van der Waals surface area contributed by atoms with E-state index in [4.69, 9.17) is 4.74 Å². The molecule has 3 aromatic heterocycles. The first-order valence-corrected chi connectivity index (χ1v) is 11.9. The average molecular weight is 547 g/mol. The number of pyridine rings is 1. The normalized spacial score (nSPS) is 11.1. The predicted molar refractivity (Wildman–Crippen MR) is 130 cm³/mol. The fourth-order valence-corrected chi connectivity index (χ4v) is 4.60. The Morgan fingerprint density at radius 2 is 2.00 bits per heavy atom. The van der Waals surface area contributed by atoms with Crippen LogP contribution in [0.15, 0.2) is 56.8 Å². The van der Waals surface area contributed by atoms with Crippen LogP contribution >= 0.6 is 27.3 Å². The second-order valence-electron chi connectivity index (χ2n) is 7.44. The molecule has 11 heteroatoms. The summed E-state index contributed by atoms with van der Waals surface area (Å²) in [7, 11) is 0. The molecular weight excluding hydrogens is 527 g/mol. The Morgan fingerprint density at radius 1 is 1.24 bits per heavy atom. The molecule has 4 aromatic rings. The summed E-state index contributed by atoms with van der Waals surface area (Å²) in [5, 5.41) is 2.79. The van der Waals surface area contributed by atoms with Crippen molar-refractivity contribution in [2.75, 3.05) is 6.61 Å². The van der Waals surface area contributed by atoms with Crippen LogP contribution in [0.25, 0.3) is 4.83 Å². The van der Waals surface area contributed by atoms with Crippen molar-refractivity contribution in [2.45, 2.75) is 26.9 Å². The summed E-state index contributed by atoms with van der Waals surface area (Å²) in [5.74, 6) is -0.361. The van der Waals surface area contributed by atoms with E-state index >= 15 is 0 Å². The van der Waals surface area contributed by atoms with Crippen molar-refractivity contribution in [1.29, 1.82) is 0 Å². The average Bonchev–Trinajstić information content (AvgIpc) is 3.28. The van der Waals surface area contributed by atoms with Crippen LogP contribution in [0.1, 0.15) is 33.3 Å². The van der Waals surface area contributed by atoms with Crippen LogP contribution in [-0.2, 0) is 13.1 Å². The third-order valence-electron chi connectivity index (χ3n) is 5.09. The fraction of sp³-hybridized carbons (Fsp3) is 0.217. The maximum Gasteiger partial charge on any atom is 0.336 e. The molecule has 3 heterocycles. The molecule has 1 aromatic carbocycles. The number of nitrogens with zero attached hydrogens (tertiary/aromatic N) is 3. The summed E-state index contributed by atoms with van der Waals surface area (Å²) in [6.07, 6.45) is 3.03. The smallest absolute Gasteiger partial charge is 0.336 e. The van der Waals surface area contributed by atoms with Crippen molar-refractivity contribution in [3.05, 3.63) is 95.4 Å². The molecule has 0 aliphatic carbocycles. The van der Waals surface area contributed by atoms with Crippen LogP contribution in [0.4, 0.5) is 4.39 Å². The first-order chi connectivity index (χ1) is 16.3. The first kappa shape index (κ1) is 23.8. The van der Waals surface area contributed by atoms with Gasteiger partial charge in [0.05, 0.1) is 17.6 Å². The summed E-state index contributed by atoms with van der Waals surface area (Å²) in [6, 6.07) is 7.94. The van der Waals surface area contributed by atoms with Gasteiger partial charge in [-0.3, -0.25) is 18.6 Å². The van der Waals surface area contributed by atoms with Gasteiger partial charge in [-0.15, -0.1) is 11.3 Å². The lowest BCUT2D eigenvalue weighted by atomic mass is 10.2. The van der Waals surface area contributed by atoms with E-state index in [1.807, 2.05) is 6.92 Å². The largest absolute Gasteiger partial charge is 0.478 e. The van der Waals surface area contributed by atoms with E-state index < -0.39 is 17.1 Å². The van der Waals surface area contributed by atoms with E-state index in [9.17, 15) is 18.8 Å². The topological polar surface area (TPSA) is 94.7 Å². The highest BCUT2D eigenvalue weighted by atomic mass is 79.9. The lowest BCUT2D eigenvalue weighted by molar-refractivity contribution is 0.0954. The number of nitrogens with one attached hydrogen (secondary N) is 1. The van der Waals surface area contributed by atoms with Crippen LogP contribution in [0.5, 0.6) is 5.88 Å². The van der Waals surface area contributed by atoms with E-state index in [0.29, 0.717) is 32.9 Å². The highest BCUT2D eigenvalue weighted by Gasteiger charge is 2.18. The van der Waals surface area contributed by atoms with Crippen LogP contribution in [-0.4, -0.2) is 26.5 Å². The molecule has 176 valence electrons. The number of halogens is 2. The Morgan fingerprint density at radius 3 is 2.68 bits per heavy atom. The number of rotatable bonds is 7. The number of aryl methyl sites for hydroxylation is 1. The van der Waals surface area contributed by atoms with Gasteiger partial charge < -0.3 is 10.1 Å². The zero-order valence-electron chi connectivity index (χ0n) is 18.3. The molecule has 0 fully saturated rings. The Kier molecular flexibility index (Phi) is 6.94. The van der Waals surface area contributed by atoms with Crippen LogP contribution < -0.4 is 21.3 Å². The van der Waals surface area contributed by atoms with Gasteiger partial charge >= 0.3 is 5.69 Å². The van der Waals surface area contributed by atoms with Crippen LogP contribution in [0, 0.1) is 12.7 Å². The lowest BCUT2D eigenvalue weighted by Gasteiger charge is -2.08. The molecule has 0 aliphatic rings. The molecular formula is C23H20BrFN4O4S. The van der Waals surface area contributed by atoms with Gasteiger partial charge in [-0.1, -0.05) is 12.1 Å². The molecule has 0 saturated heterocycles. The van der Waals surface area contributed by atoms with Gasteiger partial charge in [0.2, 0.25) is 5.88 Å². The summed E-state index contributed by atoms with van der Waals surface area (Å²) in [4.78, 5) is 43.4. The van der Waals surface area contributed by atoms with Crippen molar-refractivity contribution in [3.63, 3.8) is 0 Å². The van der Waals surface area contributed by atoms with E-state index in [2.05, 4.69) is 26.2 Å². The molecule has 0 aliphatic heterocycles. The zero-order chi connectivity index (χ0) is 24.4. The maximum absolute atomic E-state index is 13.9. The van der Waals surface area contributed by atoms with Gasteiger partial charge in [-0.25, -0.2) is 14.2 Å². The summed E-state index contributed by atoms with van der Waals surface area (Å²) < 4.78 is 21.8. The highest BCUT2D eigenvalue weighted by molar-refractivity contribution is 9.10. The van der Waals surface area contributed by atoms with E-state index in [1.54, 1.807) is 31.3 Å². The Balaban J connectivity index is 1.59. The second kappa shape index (κ2) is 9.90. The minimum absolute atomic E-state index is 0.0895. The third kappa shape index (κ3) is 4.80. The molecule has 0 saturated carbocycles. The molecule has 4 rings (SSSR count). The standard InChI is InChI=1S/C23H20BrFN4O4S/c1-3-33-19-7-5-15(9-26-19)10-27-20(30)18-12-29-22(34-18)13(2)21(31)28(23(29)32)11-14-4-6-16(24)17(25)8-14/h4-9,12H,3,10-11H2,1-2H3,(H,27,30). The maximum atomic E-state index is 13.9. The molecule has 1 amide bonds. The Bertz CT molecular complexity index is 1490. The molecule has 0 spiro atoms. The van der Waals surface area contributed by atoms with Gasteiger partial charge in [0.1, 0.15) is 15.5 Å². The van der Waals surface area contributed by atoms with Gasteiger partial charge in [-0.2, -0.15) is 0 Å². The number of ether oxygens (including phenoxy) is 1. The third-order valence-corrected chi connectivity index (χ3v) is 6.94.